The number of likely N-dealkylation sites (N-methyl/N-ethyl adjacent to an activating group) is 1. The standard InChI is InChI=1S/C24H29N5O3/c1-15-18(6-5-7-21(15)31-3)27-23-16-12-20(29-10-8-28(2)9-11-29)22(32-4)13-19(16)26-14-17(23)24(25)30/h5-7,12-14H,8-11H2,1-4H3,(H2,25,30)(H,26,27). The van der Waals surface area contributed by atoms with Crippen LogP contribution in [-0.2, 0) is 0 Å². The number of fused-ring (bicyclic) bond motifs is 1. The van der Waals surface area contributed by atoms with Gasteiger partial charge in [0.1, 0.15) is 11.5 Å². The molecule has 1 aliphatic rings. The molecular formula is C24H29N5O3. The van der Waals surface area contributed by atoms with E-state index in [2.05, 4.69) is 27.1 Å². The number of amides is 1. The van der Waals surface area contributed by atoms with E-state index in [0.717, 1.165) is 60.0 Å². The number of primary amides is 1. The fourth-order valence-corrected chi connectivity index (χ4v) is 4.09. The Balaban J connectivity index is 1.88. The molecule has 2 heterocycles. The molecule has 3 N–H and O–H groups in total. The number of benzene rings is 2. The van der Waals surface area contributed by atoms with Crippen LogP contribution in [0.2, 0.25) is 0 Å². The number of aromatic nitrogens is 1. The number of carbonyl (C=O) groups is 1. The number of hydrogen-bond donors (Lipinski definition) is 2. The van der Waals surface area contributed by atoms with Crippen LogP contribution in [0.4, 0.5) is 17.1 Å². The molecule has 32 heavy (non-hydrogen) atoms. The molecule has 0 bridgehead atoms. The van der Waals surface area contributed by atoms with E-state index in [0.29, 0.717) is 16.8 Å². The van der Waals surface area contributed by atoms with Gasteiger partial charge in [-0.1, -0.05) is 6.07 Å². The number of hydrogen-bond acceptors (Lipinski definition) is 7. The molecular weight excluding hydrogens is 406 g/mol. The fraction of sp³-hybridized carbons (Fsp3) is 0.333. The van der Waals surface area contributed by atoms with E-state index >= 15 is 0 Å². The first kappa shape index (κ1) is 21.7. The first-order valence-corrected chi connectivity index (χ1v) is 10.6. The number of nitrogens with zero attached hydrogens (tertiary/aromatic N) is 3. The molecule has 8 heteroatoms. The Hall–Kier alpha value is -3.52. The molecule has 0 aliphatic carbocycles. The number of carbonyl (C=O) groups excluding carboxylic acids is 1. The first-order valence-electron chi connectivity index (χ1n) is 10.6. The Morgan fingerprint density at radius 2 is 1.81 bits per heavy atom. The van der Waals surface area contributed by atoms with E-state index in [-0.39, 0.29) is 0 Å². The zero-order chi connectivity index (χ0) is 22.8. The maximum absolute atomic E-state index is 12.3. The molecule has 4 rings (SSSR count). The third-order valence-electron chi connectivity index (χ3n) is 6.04. The monoisotopic (exact) mass is 435 g/mol. The summed E-state index contributed by atoms with van der Waals surface area (Å²) in [4.78, 5) is 21.4. The SMILES string of the molecule is COc1cc2ncc(C(N)=O)c(Nc3cccc(OC)c3C)c2cc1N1CCN(C)CC1. The zero-order valence-corrected chi connectivity index (χ0v) is 18.9. The number of methoxy groups -OCH3 is 2. The smallest absolute Gasteiger partial charge is 0.252 e. The lowest BCUT2D eigenvalue weighted by atomic mass is 10.1. The van der Waals surface area contributed by atoms with Gasteiger partial charge in [-0.05, 0) is 32.2 Å². The van der Waals surface area contributed by atoms with Crippen molar-refractivity contribution >= 4 is 33.9 Å². The minimum Gasteiger partial charge on any atom is -0.496 e. The number of anilines is 3. The Morgan fingerprint density at radius 1 is 1.09 bits per heavy atom. The summed E-state index contributed by atoms with van der Waals surface area (Å²) >= 11 is 0. The van der Waals surface area contributed by atoms with Crippen LogP contribution >= 0.6 is 0 Å². The summed E-state index contributed by atoms with van der Waals surface area (Å²) in [6.07, 6.45) is 1.51. The summed E-state index contributed by atoms with van der Waals surface area (Å²) in [6, 6.07) is 9.70. The average Bonchev–Trinajstić information content (AvgIpc) is 2.80. The van der Waals surface area contributed by atoms with Crippen LogP contribution in [-0.4, -0.2) is 63.2 Å². The summed E-state index contributed by atoms with van der Waals surface area (Å²) in [6.45, 7) is 5.68. The average molecular weight is 436 g/mol. The second-order valence-electron chi connectivity index (χ2n) is 8.00. The van der Waals surface area contributed by atoms with E-state index in [1.165, 1.54) is 6.20 Å². The zero-order valence-electron chi connectivity index (χ0n) is 18.9. The highest BCUT2D eigenvalue weighted by atomic mass is 16.5. The summed E-state index contributed by atoms with van der Waals surface area (Å²) in [5.74, 6) is 0.970. The van der Waals surface area contributed by atoms with Crippen LogP contribution in [0.5, 0.6) is 11.5 Å². The van der Waals surface area contributed by atoms with Gasteiger partial charge in [0.2, 0.25) is 0 Å². The van der Waals surface area contributed by atoms with Crippen molar-refractivity contribution in [2.75, 3.05) is 57.7 Å². The van der Waals surface area contributed by atoms with Gasteiger partial charge in [0.05, 0.1) is 36.7 Å². The molecule has 3 aromatic rings. The van der Waals surface area contributed by atoms with Gasteiger partial charge < -0.3 is 30.3 Å². The molecule has 168 valence electrons. The van der Waals surface area contributed by atoms with Crippen LogP contribution in [0.1, 0.15) is 15.9 Å². The molecule has 2 aromatic carbocycles. The van der Waals surface area contributed by atoms with Crippen molar-refractivity contribution in [2.24, 2.45) is 5.73 Å². The van der Waals surface area contributed by atoms with Crippen molar-refractivity contribution in [1.29, 1.82) is 0 Å². The van der Waals surface area contributed by atoms with Crippen LogP contribution in [0.25, 0.3) is 10.9 Å². The largest absolute Gasteiger partial charge is 0.496 e. The number of nitrogens with one attached hydrogen (secondary N) is 1. The summed E-state index contributed by atoms with van der Waals surface area (Å²) < 4.78 is 11.1. The molecule has 0 saturated carbocycles. The molecule has 0 atom stereocenters. The number of piperazine rings is 1. The van der Waals surface area contributed by atoms with E-state index in [4.69, 9.17) is 15.2 Å². The molecule has 1 aromatic heterocycles. The first-order chi connectivity index (χ1) is 15.4. The number of rotatable bonds is 6. The summed E-state index contributed by atoms with van der Waals surface area (Å²) in [5, 5.41) is 4.23. The molecule has 1 aliphatic heterocycles. The highest BCUT2D eigenvalue weighted by Crippen LogP contribution is 2.39. The third-order valence-corrected chi connectivity index (χ3v) is 6.04. The van der Waals surface area contributed by atoms with Crippen LogP contribution < -0.4 is 25.4 Å². The topological polar surface area (TPSA) is 93.0 Å². The third kappa shape index (κ3) is 4.01. The van der Waals surface area contributed by atoms with Gasteiger partial charge in [0, 0.05) is 55.1 Å². The van der Waals surface area contributed by atoms with Gasteiger partial charge >= 0.3 is 0 Å². The van der Waals surface area contributed by atoms with E-state index in [1.807, 2.05) is 37.3 Å². The van der Waals surface area contributed by atoms with Gasteiger partial charge in [0.15, 0.2) is 0 Å². The maximum Gasteiger partial charge on any atom is 0.252 e. The Labute approximate surface area is 187 Å². The number of pyridine rings is 1. The van der Waals surface area contributed by atoms with E-state index in [9.17, 15) is 4.79 Å². The second-order valence-corrected chi connectivity index (χ2v) is 8.00. The molecule has 1 fully saturated rings. The molecule has 1 amide bonds. The van der Waals surface area contributed by atoms with Gasteiger partial charge in [-0.3, -0.25) is 9.78 Å². The highest BCUT2D eigenvalue weighted by Gasteiger charge is 2.22. The lowest BCUT2D eigenvalue weighted by molar-refractivity contribution is 0.100. The minimum absolute atomic E-state index is 0.328. The number of ether oxygens (including phenoxy) is 2. The molecule has 1 saturated heterocycles. The van der Waals surface area contributed by atoms with Gasteiger partial charge in [0.25, 0.3) is 5.91 Å². The Kier molecular flexibility index (Phi) is 6.05. The molecule has 0 spiro atoms. The predicted octanol–water partition coefficient (Wildman–Crippen LogP) is 3.15. The van der Waals surface area contributed by atoms with Crippen LogP contribution in [0.15, 0.2) is 36.5 Å². The van der Waals surface area contributed by atoms with Crippen molar-refractivity contribution in [3.8, 4) is 11.5 Å². The quantitative estimate of drug-likeness (QED) is 0.614. The van der Waals surface area contributed by atoms with Crippen molar-refractivity contribution < 1.29 is 14.3 Å². The van der Waals surface area contributed by atoms with Gasteiger partial charge in [-0.2, -0.15) is 0 Å². The summed E-state index contributed by atoms with van der Waals surface area (Å²) in [5.41, 5.74) is 10.1. The molecule has 8 nitrogen and oxygen atoms in total. The number of nitrogens with two attached hydrogens (primary N) is 1. The van der Waals surface area contributed by atoms with E-state index < -0.39 is 5.91 Å². The molecule has 0 radical (unpaired) electrons. The van der Waals surface area contributed by atoms with Crippen LogP contribution in [0.3, 0.4) is 0 Å². The van der Waals surface area contributed by atoms with Gasteiger partial charge in [-0.25, -0.2) is 0 Å². The molecule has 0 unspecified atom stereocenters. The highest BCUT2D eigenvalue weighted by molar-refractivity contribution is 6.08. The predicted molar refractivity (Wildman–Crippen MR) is 128 cm³/mol. The Morgan fingerprint density at radius 3 is 2.47 bits per heavy atom. The lowest BCUT2D eigenvalue weighted by Crippen LogP contribution is -2.44. The van der Waals surface area contributed by atoms with Crippen molar-refractivity contribution in [3.63, 3.8) is 0 Å². The minimum atomic E-state index is -0.542. The fourth-order valence-electron chi connectivity index (χ4n) is 4.09. The normalized spacial score (nSPS) is 14.4. The summed E-state index contributed by atoms with van der Waals surface area (Å²) in [7, 11) is 5.42. The lowest BCUT2D eigenvalue weighted by Gasteiger charge is -2.35. The second kappa shape index (κ2) is 8.92. The maximum atomic E-state index is 12.3. The van der Waals surface area contributed by atoms with Gasteiger partial charge in [-0.15, -0.1) is 0 Å². The van der Waals surface area contributed by atoms with Crippen molar-refractivity contribution in [3.05, 3.63) is 47.7 Å². The van der Waals surface area contributed by atoms with Crippen LogP contribution in [0, 0.1) is 6.92 Å². The van der Waals surface area contributed by atoms with Crippen molar-refractivity contribution in [1.82, 2.24) is 9.88 Å². The van der Waals surface area contributed by atoms with Crippen molar-refractivity contribution in [2.45, 2.75) is 6.92 Å². The van der Waals surface area contributed by atoms with E-state index in [1.54, 1.807) is 14.2 Å². The Bertz CT molecular complexity index is 1160.